The number of pyridine rings is 1. The molecule has 1 aromatic heterocycles. The van der Waals surface area contributed by atoms with Crippen molar-refractivity contribution in [3.05, 3.63) is 69.3 Å². The molecule has 0 aliphatic heterocycles. The summed E-state index contributed by atoms with van der Waals surface area (Å²) >= 11 is 9.52. The molecule has 1 N–H and O–H groups in total. The molecule has 106 valence electrons. The molecule has 21 heavy (non-hydrogen) atoms. The number of hydrogen-bond acceptors (Lipinski definition) is 2. The van der Waals surface area contributed by atoms with E-state index < -0.39 is 0 Å². The summed E-state index contributed by atoms with van der Waals surface area (Å²) < 4.78 is 1.01. The van der Waals surface area contributed by atoms with Crippen molar-refractivity contribution in [2.75, 3.05) is 5.32 Å². The number of benzene rings is 2. The first-order valence-corrected chi connectivity index (χ1v) is 7.84. The molecule has 0 amide bonds. The van der Waals surface area contributed by atoms with Gasteiger partial charge in [-0.15, -0.1) is 0 Å². The molecule has 0 aliphatic rings. The van der Waals surface area contributed by atoms with Gasteiger partial charge in [0.1, 0.15) is 0 Å². The minimum Gasteiger partial charge on any atom is -0.380 e. The van der Waals surface area contributed by atoms with Crippen LogP contribution < -0.4 is 5.32 Å². The second-order valence-corrected chi connectivity index (χ2v) is 6.21. The van der Waals surface area contributed by atoms with Crippen molar-refractivity contribution in [2.45, 2.75) is 13.5 Å². The summed E-state index contributed by atoms with van der Waals surface area (Å²) in [5.74, 6) is 0. The van der Waals surface area contributed by atoms with Gasteiger partial charge in [0, 0.05) is 33.3 Å². The molecule has 0 saturated heterocycles. The molecule has 2 nitrogen and oxygen atoms in total. The number of nitrogens with zero attached hydrogens (tertiary/aromatic N) is 1. The van der Waals surface area contributed by atoms with Crippen LogP contribution in [-0.2, 0) is 6.54 Å². The SMILES string of the molecule is Cc1ccc(NCc2ccc(Cl)cc2Br)c2cccnc12. The number of fused-ring (bicyclic) bond motifs is 1. The van der Waals surface area contributed by atoms with Crippen LogP contribution in [0.4, 0.5) is 5.69 Å². The van der Waals surface area contributed by atoms with Gasteiger partial charge in [0.25, 0.3) is 0 Å². The largest absolute Gasteiger partial charge is 0.380 e. The number of rotatable bonds is 3. The standard InChI is InChI=1S/C17H14BrClN2/c1-11-4-7-16(14-3-2-8-20-17(11)14)21-10-12-5-6-13(19)9-15(12)18/h2-9,21H,10H2,1H3. The molecule has 0 saturated carbocycles. The van der Waals surface area contributed by atoms with Gasteiger partial charge < -0.3 is 5.32 Å². The van der Waals surface area contributed by atoms with Gasteiger partial charge in [-0.1, -0.05) is 39.7 Å². The second kappa shape index (κ2) is 6.04. The molecular formula is C17H14BrClN2. The number of aromatic nitrogens is 1. The zero-order valence-corrected chi connectivity index (χ0v) is 13.9. The maximum Gasteiger partial charge on any atom is 0.0751 e. The maximum absolute atomic E-state index is 5.97. The monoisotopic (exact) mass is 360 g/mol. The van der Waals surface area contributed by atoms with Crippen LogP contribution in [0.15, 0.2) is 53.1 Å². The summed E-state index contributed by atoms with van der Waals surface area (Å²) in [6.45, 7) is 2.81. The van der Waals surface area contributed by atoms with Gasteiger partial charge in [-0.3, -0.25) is 4.98 Å². The van der Waals surface area contributed by atoms with E-state index in [2.05, 4.69) is 51.4 Å². The van der Waals surface area contributed by atoms with Crippen molar-refractivity contribution in [1.29, 1.82) is 0 Å². The van der Waals surface area contributed by atoms with E-state index in [0.29, 0.717) is 0 Å². The number of anilines is 1. The highest BCUT2D eigenvalue weighted by molar-refractivity contribution is 9.10. The lowest BCUT2D eigenvalue weighted by molar-refractivity contribution is 1.14. The quantitative estimate of drug-likeness (QED) is 0.659. The third kappa shape index (κ3) is 3.04. The highest BCUT2D eigenvalue weighted by atomic mass is 79.9. The molecule has 0 fully saturated rings. The lowest BCUT2D eigenvalue weighted by Crippen LogP contribution is -2.01. The predicted molar refractivity (Wildman–Crippen MR) is 93.0 cm³/mol. The van der Waals surface area contributed by atoms with Crippen LogP contribution in [0.25, 0.3) is 10.9 Å². The fourth-order valence-electron chi connectivity index (χ4n) is 2.32. The third-order valence-corrected chi connectivity index (χ3v) is 4.43. The Kier molecular flexibility index (Phi) is 4.13. The summed E-state index contributed by atoms with van der Waals surface area (Å²) in [5, 5.41) is 5.35. The Bertz CT molecular complexity index is 802. The van der Waals surface area contributed by atoms with Crippen LogP contribution in [0.5, 0.6) is 0 Å². The first-order valence-electron chi connectivity index (χ1n) is 6.67. The van der Waals surface area contributed by atoms with Crippen molar-refractivity contribution in [3.8, 4) is 0 Å². The molecule has 3 rings (SSSR count). The first kappa shape index (κ1) is 14.4. The van der Waals surface area contributed by atoms with E-state index in [1.807, 2.05) is 30.5 Å². The van der Waals surface area contributed by atoms with Crippen LogP contribution >= 0.6 is 27.5 Å². The highest BCUT2D eigenvalue weighted by Crippen LogP contribution is 2.27. The normalized spacial score (nSPS) is 10.8. The number of aryl methyl sites for hydroxylation is 1. The molecule has 1 heterocycles. The van der Waals surface area contributed by atoms with Crippen LogP contribution in [0.1, 0.15) is 11.1 Å². The minimum absolute atomic E-state index is 0.727. The molecule has 0 spiro atoms. The van der Waals surface area contributed by atoms with Gasteiger partial charge in [-0.25, -0.2) is 0 Å². The average molecular weight is 362 g/mol. The van der Waals surface area contributed by atoms with Crippen molar-refractivity contribution >= 4 is 44.1 Å². The van der Waals surface area contributed by atoms with E-state index in [1.165, 1.54) is 5.56 Å². The van der Waals surface area contributed by atoms with Gasteiger partial charge in [-0.2, -0.15) is 0 Å². The molecule has 2 aromatic carbocycles. The first-order chi connectivity index (χ1) is 10.1. The highest BCUT2D eigenvalue weighted by Gasteiger charge is 2.05. The summed E-state index contributed by atoms with van der Waals surface area (Å²) in [4.78, 5) is 4.46. The maximum atomic E-state index is 5.97. The Hall–Kier alpha value is -1.58. The van der Waals surface area contributed by atoms with Crippen molar-refractivity contribution in [3.63, 3.8) is 0 Å². The molecule has 0 radical (unpaired) electrons. The van der Waals surface area contributed by atoms with Gasteiger partial charge in [0.15, 0.2) is 0 Å². The Balaban J connectivity index is 1.90. The smallest absolute Gasteiger partial charge is 0.0751 e. The van der Waals surface area contributed by atoms with Gasteiger partial charge >= 0.3 is 0 Å². The minimum atomic E-state index is 0.727. The molecule has 0 unspecified atom stereocenters. The van der Waals surface area contributed by atoms with Crippen molar-refractivity contribution in [1.82, 2.24) is 4.98 Å². The second-order valence-electron chi connectivity index (χ2n) is 4.92. The third-order valence-electron chi connectivity index (χ3n) is 3.46. The van der Waals surface area contributed by atoms with Crippen LogP contribution in [0, 0.1) is 6.92 Å². The van der Waals surface area contributed by atoms with E-state index in [-0.39, 0.29) is 0 Å². The van der Waals surface area contributed by atoms with Crippen LogP contribution in [0.2, 0.25) is 5.02 Å². The summed E-state index contributed by atoms with van der Waals surface area (Å²) in [5.41, 5.74) is 4.48. The molecule has 0 atom stereocenters. The fraction of sp³-hybridized carbons (Fsp3) is 0.118. The number of hydrogen-bond donors (Lipinski definition) is 1. The van der Waals surface area contributed by atoms with E-state index >= 15 is 0 Å². The molecule has 0 bridgehead atoms. The lowest BCUT2D eigenvalue weighted by atomic mass is 10.1. The predicted octanol–water partition coefficient (Wildman–Crippen LogP) is 5.57. The van der Waals surface area contributed by atoms with E-state index in [1.54, 1.807) is 0 Å². The van der Waals surface area contributed by atoms with Crippen LogP contribution in [-0.4, -0.2) is 4.98 Å². The Morgan fingerprint density at radius 2 is 2.05 bits per heavy atom. The van der Waals surface area contributed by atoms with E-state index in [9.17, 15) is 0 Å². The van der Waals surface area contributed by atoms with Crippen molar-refractivity contribution in [2.24, 2.45) is 0 Å². The molecule has 4 heteroatoms. The average Bonchev–Trinajstić information content (AvgIpc) is 2.48. The van der Waals surface area contributed by atoms with Crippen LogP contribution in [0.3, 0.4) is 0 Å². The Morgan fingerprint density at radius 1 is 1.19 bits per heavy atom. The van der Waals surface area contributed by atoms with E-state index in [4.69, 9.17) is 11.6 Å². The zero-order chi connectivity index (χ0) is 14.8. The fourth-order valence-corrected chi connectivity index (χ4v) is 3.15. The van der Waals surface area contributed by atoms with Gasteiger partial charge in [0.05, 0.1) is 5.52 Å². The Labute approximate surface area is 137 Å². The Morgan fingerprint density at radius 3 is 2.86 bits per heavy atom. The topological polar surface area (TPSA) is 24.9 Å². The summed E-state index contributed by atoms with van der Waals surface area (Å²) in [6, 6.07) is 14.1. The van der Waals surface area contributed by atoms with Crippen molar-refractivity contribution < 1.29 is 0 Å². The molecule has 0 aliphatic carbocycles. The summed E-state index contributed by atoms with van der Waals surface area (Å²) in [6.07, 6.45) is 1.83. The summed E-state index contributed by atoms with van der Waals surface area (Å²) in [7, 11) is 0. The molecule has 3 aromatic rings. The molecular weight excluding hydrogens is 348 g/mol. The zero-order valence-electron chi connectivity index (χ0n) is 11.5. The lowest BCUT2D eigenvalue weighted by Gasteiger charge is -2.12. The number of halogens is 2. The van der Waals surface area contributed by atoms with Gasteiger partial charge in [-0.05, 0) is 48.4 Å². The van der Waals surface area contributed by atoms with E-state index in [0.717, 1.165) is 38.2 Å². The number of nitrogens with one attached hydrogen (secondary N) is 1. The van der Waals surface area contributed by atoms with Gasteiger partial charge in [0.2, 0.25) is 0 Å².